The van der Waals surface area contributed by atoms with E-state index in [1.807, 2.05) is 37.5 Å². The molecule has 1 N–H and O–H groups in total. The summed E-state index contributed by atoms with van der Waals surface area (Å²) >= 11 is 0. The molecular formula is C30H30N4. The number of rotatable bonds is 4. The molecule has 0 unspecified atom stereocenters. The number of nitrogens with zero attached hydrogens (tertiary/aromatic N) is 3. The van der Waals surface area contributed by atoms with Gasteiger partial charge >= 0.3 is 0 Å². The maximum atomic E-state index is 4.65. The molecule has 4 rings (SSSR count). The van der Waals surface area contributed by atoms with Crippen LogP contribution < -0.4 is 0 Å². The third-order valence-corrected chi connectivity index (χ3v) is 5.98. The fourth-order valence-electron chi connectivity index (χ4n) is 4.20. The summed E-state index contributed by atoms with van der Waals surface area (Å²) in [6.45, 7) is 12.6. The first-order chi connectivity index (χ1) is 16.5. The molecular weight excluding hydrogens is 416 g/mol. The van der Waals surface area contributed by atoms with Gasteiger partial charge in [0.05, 0.1) is 17.6 Å². The highest BCUT2D eigenvalue weighted by Crippen LogP contribution is 2.30. The lowest BCUT2D eigenvalue weighted by Gasteiger charge is -2.14. The van der Waals surface area contributed by atoms with E-state index in [1.165, 1.54) is 11.1 Å². The van der Waals surface area contributed by atoms with Gasteiger partial charge in [-0.05, 0) is 74.6 Å². The van der Waals surface area contributed by atoms with Crippen LogP contribution in [0, 0.1) is 6.92 Å². The highest BCUT2D eigenvalue weighted by Gasteiger charge is 2.14. The van der Waals surface area contributed by atoms with Gasteiger partial charge in [-0.1, -0.05) is 60.8 Å². The Hall–Kier alpha value is -4.05. The van der Waals surface area contributed by atoms with Crippen LogP contribution in [0.25, 0.3) is 17.0 Å². The fraction of sp³-hybridized carbons (Fsp3) is 0.167. The van der Waals surface area contributed by atoms with Crippen molar-refractivity contribution in [3.05, 3.63) is 125 Å². The van der Waals surface area contributed by atoms with E-state index in [9.17, 15) is 0 Å². The summed E-state index contributed by atoms with van der Waals surface area (Å²) in [5.41, 5.74) is 11.5. The molecule has 0 aromatic carbocycles. The number of aliphatic imine (C=N–C) groups is 1. The van der Waals surface area contributed by atoms with Crippen molar-refractivity contribution in [3.63, 3.8) is 0 Å². The normalized spacial score (nSPS) is 21.5. The van der Waals surface area contributed by atoms with Crippen LogP contribution in [0.2, 0.25) is 0 Å². The van der Waals surface area contributed by atoms with Crippen molar-refractivity contribution in [3.8, 4) is 11.4 Å². The van der Waals surface area contributed by atoms with Crippen molar-refractivity contribution in [1.29, 1.82) is 0 Å². The number of pyridine rings is 1. The van der Waals surface area contributed by atoms with Gasteiger partial charge in [0.1, 0.15) is 0 Å². The van der Waals surface area contributed by atoms with E-state index in [-0.39, 0.29) is 0 Å². The van der Waals surface area contributed by atoms with E-state index < -0.39 is 0 Å². The maximum Gasteiger partial charge on any atom is 0.0912 e. The summed E-state index contributed by atoms with van der Waals surface area (Å²) in [5, 5.41) is 7.40. The largest absolute Gasteiger partial charge is 0.276 e. The molecule has 0 atom stereocenters. The second-order valence-electron chi connectivity index (χ2n) is 8.47. The Bertz CT molecular complexity index is 1360. The average Bonchev–Trinajstić information content (AvgIpc) is 3.24. The van der Waals surface area contributed by atoms with Crippen molar-refractivity contribution < 1.29 is 0 Å². The summed E-state index contributed by atoms with van der Waals surface area (Å²) in [6.07, 6.45) is 21.5. The molecule has 34 heavy (non-hydrogen) atoms. The molecule has 2 aromatic rings. The standard InChI is InChI=1S/C30H30N4/c1-6-24(29-21(3)10-9-17-31-23(29)5)18-26-13-8-12-25(16-15-20(26)2)27-19-32-34-30(27)28-14-7-11-22(4)33-28/h6-9,11-19H,2,10H2,1,3-5H3,(H,32,34)/b13-8+,16-15-,24-6+,25-12-,26-18-. The summed E-state index contributed by atoms with van der Waals surface area (Å²) in [6, 6.07) is 6.00. The summed E-state index contributed by atoms with van der Waals surface area (Å²) in [5.74, 6) is 0. The van der Waals surface area contributed by atoms with Crippen molar-refractivity contribution in [1.82, 2.24) is 15.2 Å². The van der Waals surface area contributed by atoms with E-state index >= 15 is 0 Å². The van der Waals surface area contributed by atoms with Crippen LogP contribution in [0.1, 0.15) is 38.4 Å². The Kier molecular flexibility index (Phi) is 6.98. The van der Waals surface area contributed by atoms with Crippen molar-refractivity contribution >= 4 is 11.3 Å². The maximum absolute atomic E-state index is 4.65. The minimum Gasteiger partial charge on any atom is -0.276 e. The zero-order valence-electron chi connectivity index (χ0n) is 20.3. The molecule has 0 fully saturated rings. The smallest absolute Gasteiger partial charge is 0.0912 e. The molecule has 4 nitrogen and oxygen atoms in total. The molecule has 3 heterocycles. The van der Waals surface area contributed by atoms with Gasteiger partial charge in [-0.3, -0.25) is 15.1 Å². The summed E-state index contributed by atoms with van der Waals surface area (Å²) < 4.78 is 0. The molecule has 4 heteroatoms. The lowest BCUT2D eigenvalue weighted by molar-refractivity contribution is 1.08. The second-order valence-corrected chi connectivity index (χ2v) is 8.47. The monoisotopic (exact) mass is 446 g/mol. The summed E-state index contributed by atoms with van der Waals surface area (Å²) in [4.78, 5) is 9.23. The number of aromatic nitrogens is 3. The number of hydrogen-bond donors (Lipinski definition) is 1. The fourth-order valence-corrected chi connectivity index (χ4v) is 4.20. The van der Waals surface area contributed by atoms with Crippen LogP contribution >= 0.6 is 0 Å². The average molecular weight is 447 g/mol. The molecule has 1 aliphatic carbocycles. The SMILES string of the molecule is C=C1\C=C/C(c2cn[nH]c2-c2cccc(C)n2)=C/C=C/C1=C/C(=C\C)C1=C(C)CC=CN=C1C. The lowest BCUT2D eigenvalue weighted by Crippen LogP contribution is -2.03. The van der Waals surface area contributed by atoms with E-state index in [4.69, 9.17) is 0 Å². The molecule has 0 spiro atoms. The summed E-state index contributed by atoms with van der Waals surface area (Å²) in [7, 11) is 0. The Morgan fingerprint density at radius 1 is 1.12 bits per heavy atom. The van der Waals surface area contributed by atoms with Crippen LogP contribution in [0.3, 0.4) is 0 Å². The molecule has 0 saturated heterocycles. The first-order valence-corrected chi connectivity index (χ1v) is 11.5. The number of allylic oxidation sites excluding steroid dienone is 14. The predicted molar refractivity (Wildman–Crippen MR) is 143 cm³/mol. The minimum atomic E-state index is 0.878. The van der Waals surface area contributed by atoms with Crippen LogP contribution in [0.4, 0.5) is 0 Å². The zero-order valence-corrected chi connectivity index (χ0v) is 20.3. The minimum absolute atomic E-state index is 0.878. The van der Waals surface area contributed by atoms with Crippen molar-refractivity contribution in [2.75, 3.05) is 0 Å². The van der Waals surface area contributed by atoms with Gasteiger partial charge in [-0.25, -0.2) is 0 Å². The van der Waals surface area contributed by atoms with Gasteiger partial charge in [0, 0.05) is 28.7 Å². The number of nitrogens with one attached hydrogen (secondary N) is 1. The van der Waals surface area contributed by atoms with Gasteiger partial charge in [-0.15, -0.1) is 0 Å². The zero-order chi connectivity index (χ0) is 24.1. The Labute approximate surface area is 202 Å². The molecule has 170 valence electrons. The van der Waals surface area contributed by atoms with Gasteiger partial charge < -0.3 is 0 Å². The van der Waals surface area contributed by atoms with E-state index in [0.717, 1.165) is 57.1 Å². The molecule has 0 bridgehead atoms. The van der Waals surface area contributed by atoms with Crippen molar-refractivity contribution in [2.45, 2.75) is 34.1 Å². The predicted octanol–water partition coefficient (Wildman–Crippen LogP) is 7.41. The second kappa shape index (κ2) is 10.3. The van der Waals surface area contributed by atoms with Crippen LogP contribution in [-0.2, 0) is 0 Å². The van der Waals surface area contributed by atoms with Gasteiger partial charge in [0.25, 0.3) is 0 Å². The molecule has 0 saturated carbocycles. The van der Waals surface area contributed by atoms with Crippen molar-refractivity contribution in [2.24, 2.45) is 4.99 Å². The molecule has 2 aromatic heterocycles. The van der Waals surface area contributed by atoms with Gasteiger partial charge in [0.15, 0.2) is 0 Å². The van der Waals surface area contributed by atoms with Crippen LogP contribution in [-0.4, -0.2) is 20.9 Å². The first kappa shape index (κ1) is 23.1. The first-order valence-electron chi connectivity index (χ1n) is 11.5. The highest BCUT2D eigenvalue weighted by molar-refractivity contribution is 6.04. The Morgan fingerprint density at radius 3 is 2.76 bits per heavy atom. The number of aryl methyl sites for hydroxylation is 1. The molecule has 2 aliphatic rings. The molecule has 1 aliphatic heterocycles. The molecule has 0 radical (unpaired) electrons. The topological polar surface area (TPSA) is 53.9 Å². The highest BCUT2D eigenvalue weighted by atomic mass is 15.1. The number of aromatic amines is 1. The van der Waals surface area contributed by atoms with E-state index in [0.29, 0.717) is 0 Å². The van der Waals surface area contributed by atoms with E-state index in [1.54, 1.807) is 0 Å². The third-order valence-electron chi connectivity index (χ3n) is 5.98. The van der Waals surface area contributed by atoms with Crippen LogP contribution in [0.15, 0.2) is 119 Å². The molecule has 0 amide bonds. The van der Waals surface area contributed by atoms with Gasteiger partial charge in [-0.2, -0.15) is 5.10 Å². The number of hydrogen-bond acceptors (Lipinski definition) is 3. The van der Waals surface area contributed by atoms with Gasteiger partial charge in [0.2, 0.25) is 0 Å². The Morgan fingerprint density at radius 2 is 1.97 bits per heavy atom. The van der Waals surface area contributed by atoms with Crippen LogP contribution in [0.5, 0.6) is 0 Å². The van der Waals surface area contributed by atoms with E-state index in [2.05, 4.69) is 96.1 Å². The lowest BCUT2D eigenvalue weighted by atomic mass is 9.91. The number of H-pyrrole nitrogens is 1. The quantitative estimate of drug-likeness (QED) is 0.531. The third kappa shape index (κ3) is 4.96. The Balaban J connectivity index is 1.68.